The number of hydrogen-bond donors (Lipinski definition) is 0. The van der Waals surface area contributed by atoms with Crippen LogP contribution in [-0.2, 0) is 7.05 Å². The summed E-state index contributed by atoms with van der Waals surface area (Å²) in [5.41, 5.74) is 1.21. The number of rotatable bonds is 2. The van der Waals surface area contributed by atoms with E-state index >= 15 is 0 Å². The molecule has 86 valence electrons. The molecule has 4 nitrogen and oxygen atoms in total. The van der Waals surface area contributed by atoms with Gasteiger partial charge in [-0.2, -0.15) is 10.2 Å². The Morgan fingerprint density at radius 2 is 2.07 bits per heavy atom. The van der Waals surface area contributed by atoms with Gasteiger partial charge in [0.2, 0.25) is 0 Å². The summed E-state index contributed by atoms with van der Waals surface area (Å²) in [6, 6.07) is 0. The van der Waals surface area contributed by atoms with Crippen LogP contribution in [0.15, 0.2) is 30.3 Å². The average molecular weight is 210 g/mol. The van der Waals surface area contributed by atoms with E-state index in [1.54, 1.807) is 17.9 Å². The number of nitrogens with zero attached hydrogens (tertiary/aromatic N) is 4. The van der Waals surface area contributed by atoms with Crippen molar-refractivity contribution in [2.24, 2.45) is 12.1 Å². The predicted molar refractivity (Wildman–Crippen MR) is 66.8 cm³/mol. The number of hydrogen-bond acceptors (Lipinski definition) is 3. The van der Waals surface area contributed by atoms with E-state index in [4.69, 9.17) is 0 Å². The van der Waals surface area contributed by atoms with Gasteiger partial charge in [-0.1, -0.05) is 20.4 Å². The van der Waals surface area contributed by atoms with Crippen LogP contribution >= 0.6 is 0 Å². The Kier molecular flexibility index (Phi) is 11.1. The lowest BCUT2D eigenvalue weighted by Gasteiger charge is -1.99. The van der Waals surface area contributed by atoms with E-state index in [1.165, 1.54) is 10.6 Å². The fourth-order valence-corrected chi connectivity index (χ4v) is 0.601. The van der Waals surface area contributed by atoms with E-state index in [0.717, 1.165) is 0 Å². The summed E-state index contributed by atoms with van der Waals surface area (Å²) in [6.45, 7) is 12.7. The molecular weight excluding hydrogens is 188 g/mol. The van der Waals surface area contributed by atoms with Gasteiger partial charge in [-0.15, -0.1) is 0 Å². The summed E-state index contributed by atoms with van der Waals surface area (Å²) in [5, 5.41) is 8.93. The second kappa shape index (κ2) is 10.5. The molecule has 1 heterocycles. The molecule has 0 aliphatic rings. The molecule has 0 radical (unpaired) electrons. The third-order valence-corrected chi connectivity index (χ3v) is 1.32. The van der Waals surface area contributed by atoms with Crippen molar-refractivity contribution in [2.75, 3.05) is 7.05 Å². The summed E-state index contributed by atoms with van der Waals surface area (Å²) in [4.78, 5) is 0. The molecule has 0 spiro atoms. The van der Waals surface area contributed by atoms with Gasteiger partial charge in [0.25, 0.3) is 0 Å². The quantitative estimate of drug-likeness (QED) is 0.555. The zero-order valence-corrected chi connectivity index (χ0v) is 10.4. The van der Waals surface area contributed by atoms with Crippen LogP contribution in [0.25, 0.3) is 0 Å². The smallest absolute Gasteiger partial charge is 0.0518 e. The normalized spacial score (nSPS) is 7.53. The molecule has 0 atom stereocenters. The Hall–Kier alpha value is -1.58. The highest BCUT2D eigenvalue weighted by Gasteiger charge is 1.81. The second-order valence-electron chi connectivity index (χ2n) is 2.59. The number of aromatic nitrogens is 2. The fourth-order valence-electron chi connectivity index (χ4n) is 0.601. The van der Waals surface area contributed by atoms with Gasteiger partial charge in [0.1, 0.15) is 0 Å². The Balaban J connectivity index is 0. The predicted octanol–water partition coefficient (Wildman–Crippen LogP) is 2.43. The van der Waals surface area contributed by atoms with Crippen molar-refractivity contribution in [3.63, 3.8) is 0 Å². The van der Waals surface area contributed by atoms with E-state index in [1.807, 2.05) is 40.2 Å². The van der Waals surface area contributed by atoms with Gasteiger partial charge in [-0.3, -0.25) is 9.69 Å². The van der Waals surface area contributed by atoms with Crippen LogP contribution in [0.1, 0.15) is 19.4 Å². The van der Waals surface area contributed by atoms with Crippen molar-refractivity contribution in [3.05, 3.63) is 30.7 Å². The van der Waals surface area contributed by atoms with Gasteiger partial charge in [-0.25, -0.2) is 0 Å². The first kappa shape index (κ1) is 15.9. The summed E-state index contributed by atoms with van der Waals surface area (Å²) in [7, 11) is 3.67. The van der Waals surface area contributed by atoms with Gasteiger partial charge in [0, 0.05) is 33.2 Å². The number of aryl methyl sites for hydroxylation is 2. The van der Waals surface area contributed by atoms with E-state index in [2.05, 4.69) is 23.5 Å². The average Bonchev–Trinajstić information content (AvgIpc) is 2.65. The molecule has 1 rings (SSSR count). The molecule has 0 N–H and O–H groups in total. The fraction of sp³-hybridized carbons (Fsp3) is 0.455. The summed E-state index contributed by atoms with van der Waals surface area (Å²) < 4.78 is 1.79. The van der Waals surface area contributed by atoms with Crippen LogP contribution in [0.3, 0.4) is 0 Å². The first-order valence-corrected chi connectivity index (χ1v) is 4.87. The highest BCUT2D eigenvalue weighted by Crippen LogP contribution is 1.88. The molecule has 1 aromatic heterocycles. The Morgan fingerprint density at radius 3 is 2.13 bits per heavy atom. The lowest BCUT2D eigenvalue weighted by Crippen LogP contribution is -1.96. The van der Waals surface area contributed by atoms with Crippen LogP contribution in [0.4, 0.5) is 0 Å². The molecule has 0 bridgehead atoms. The van der Waals surface area contributed by atoms with Crippen LogP contribution in [-0.4, -0.2) is 28.6 Å². The van der Waals surface area contributed by atoms with Crippen molar-refractivity contribution >= 4 is 6.72 Å². The highest BCUT2D eigenvalue weighted by molar-refractivity contribution is 5.22. The molecule has 0 saturated carbocycles. The van der Waals surface area contributed by atoms with Crippen LogP contribution < -0.4 is 0 Å². The molecule has 0 aromatic carbocycles. The summed E-state index contributed by atoms with van der Waals surface area (Å²) >= 11 is 0. The Bertz CT molecular complexity index is 241. The van der Waals surface area contributed by atoms with E-state index in [9.17, 15) is 0 Å². The van der Waals surface area contributed by atoms with Crippen molar-refractivity contribution in [2.45, 2.75) is 20.8 Å². The molecule has 0 fully saturated rings. The third-order valence-electron chi connectivity index (χ3n) is 1.32. The van der Waals surface area contributed by atoms with Crippen LogP contribution in [0.5, 0.6) is 0 Å². The summed E-state index contributed by atoms with van der Waals surface area (Å²) in [5.74, 6) is 0. The Morgan fingerprint density at radius 1 is 1.53 bits per heavy atom. The molecule has 1 aromatic rings. The molecule has 15 heavy (non-hydrogen) atoms. The first-order valence-electron chi connectivity index (χ1n) is 4.87. The minimum absolute atomic E-state index is 1.21. The minimum Gasteiger partial charge on any atom is -0.277 e. The van der Waals surface area contributed by atoms with Gasteiger partial charge in [0.05, 0.1) is 6.20 Å². The van der Waals surface area contributed by atoms with Crippen molar-refractivity contribution in [3.8, 4) is 0 Å². The van der Waals surface area contributed by atoms with Crippen molar-refractivity contribution in [1.82, 2.24) is 14.8 Å². The molecule has 4 heteroatoms. The zero-order chi connectivity index (χ0) is 12.3. The monoisotopic (exact) mass is 210 g/mol. The van der Waals surface area contributed by atoms with E-state index in [-0.39, 0.29) is 0 Å². The largest absolute Gasteiger partial charge is 0.277 e. The third kappa shape index (κ3) is 10.3. The van der Waals surface area contributed by atoms with Crippen LogP contribution in [0, 0.1) is 6.92 Å². The molecule has 0 amide bonds. The molecule has 0 aliphatic heterocycles. The molecule has 0 aliphatic carbocycles. The van der Waals surface area contributed by atoms with Gasteiger partial charge in [-0.05, 0) is 12.5 Å². The van der Waals surface area contributed by atoms with Gasteiger partial charge < -0.3 is 0 Å². The first-order chi connectivity index (χ1) is 7.10. The molecule has 0 saturated heterocycles. The van der Waals surface area contributed by atoms with E-state index < -0.39 is 0 Å². The van der Waals surface area contributed by atoms with Gasteiger partial charge >= 0.3 is 0 Å². The molecule has 0 unspecified atom stereocenters. The standard InChI is InChI=1S/C5H8N2.C4H8N2.C2H6/c1-5-3-6-7(2)4-5;1-4-6(3)5-2;1-2/h3-4H,1-2H3;4H,1-2H2,3H3;1-2H3. The maximum absolute atomic E-state index is 3.93. The SMILES string of the molecule is C=CN(C)N=C.CC.Cc1cnn(C)c1. The van der Waals surface area contributed by atoms with Crippen LogP contribution in [0.2, 0.25) is 0 Å². The lowest BCUT2D eigenvalue weighted by atomic mass is 10.4. The summed E-state index contributed by atoms with van der Waals surface area (Å²) in [6.07, 6.45) is 5.38. The van der Waals surface area contributed by atoms with Gasteiger partial charge in [0.15, 0.2) is 0 Å². The molecular formula is C11H22N4. The van der Waals surface area contributed by atoms with Crippen molar-refractivity contribution < 1.29 is 0 Å². The second-order valence-corrected chi connectivity index (χ2v) is 2.59. The maximum atomic E-state index is 3.93. The maximum Gasteiger partial charge on any atom is 0.0518 e. The van der Waals surface area contributed by atoms with Crippen molar-refractivity contribution in [1.29, 1.82) is 0 Å². The lowest BCUT2D eigenvalue weighted by molar-refractivity contribution is 0.497. The topological polar surface area (TPSA) is 33.4 Å². The number of hydrazone groups is 1. The highest BCUT2D eigenvalue weighted by atomic mass is 15.4. The minimum atomic E-state index is 1.21. The Labute approximate surface area is 92.9 Å². The van der Waals surface area contributed by atoms with E-state index in [0.29, 0.717) is 0 Å². The zero-order valence-electron chi connectivity index (χ0n) is 10.4.